The molecule has 0 bridgehead atoms. The number of halogens is 2. The summed E-state index contributed by atoms with van der Waals surface area (Å²) in [6.45, 7) is 5.85. The van der Waals surface area contributed by atoms with Crippen molar-refractivity contribution in [3.8, 4) is 0 Å². The molecule has 0 aromatic heterocycles. The third-order valence-corrected chi connectivity index (χ3v) is 3.86. The standard InChI is InChI=1S/C16H23ClN4O4.ClH/c1-9(2)14(16(23)19-7-6-10(3)18)20-15(22)12-5-4-11(21(24)25)8-13(12)17;/h4-5,8-10,14H,6-7,18H2,1-3H3,(H,19,23)(H,20,22);1H. The molecule has 1 aromatic rings. The van der Waals surface area contributed by atoms with E-state index in [1.54, 1.807) is 13.8 Å². The minimum absolute atomic E-state index is 0. The largest absolute Gasteiger partial charge is 0.354 e. The van der Waals surface area contributed by atoms with E-state index in [-0.39, 0.29) is 46.5 Å². The molecule has 8 nitrogen and oxygen atoms in total. The topological polar surface area (TPSA) is 127 Å². The van der Waals surface area contributed by atoms with Crippen molar-refractivity contribution in [2.45, 2.75) is 39.3 Å². The molecular weight excluding hydrogens is 383 g/mol. The zero-order valence-electron chi connectivity index (χ0n) is 14.8. The lowest BCUT2D eigenvalue weighted by Gasteiger charge is -2.22. The molecule has 1 aromatic carbocycles. The zero-order chi connectivity index (χ0) is 19.1. The van der Waals surface area contributed by atoms with E-state index in [2.05, 4.69) is 10.6 Å². The number of carbonyl (C=O) groups is 2. The molecule has 4 N–H and O–H groups in total. The van der Waals surface area contributed by atoms with Gasteiger partial charge in [0.25, 0.3) is 11.6 Å². The Hall–Kier alpha value is -1.90. The Bertz CT molecular complexity index is 653. The second-order valence-electron chi connectivity index (χ2n) is 6.17. The SMILES string of the molecule is CC(N)CCNC(=O)C(NC(=O)c1ccc([N+](=O)[O-])cc1Cl)C(C)C.Cl. The third-order valence-electron chi connectivity index (χ3n) is 3.54. The fraction of sp³-hybridized carbons (Fsp3) is 0.500. The molecule has 1 rings (SSSR count). The summed E-state index contributed by atoms with van der Waals surface area (Å²) in [6.07, 6.45) is 0.624. The van der Waals surface area contributed by atoms with Gasteiger partial charge in [-0.25, -0.2) is 0 Å². The molecule has 0 radical (unpaired) electrons. The van der Waals surface area contributed by atoms with Crippen molar-refractivity contribution in [2.24, 2.45) is 11.7 Å². The van der Waals surface area contributed by atoms with E-state index in [0.29, 0.717) is 13.0 Å². The lowest BCUT2D eigenvalue weighted by Crippen LogP contribution is -2.50. The molecule has 26 heavy (non-hydrogen) atoms. The first kappa shape index (κ1) is 24.1. The summed E-state index contributed by atoms with van der Waals surface area (Å²) in [5.74, 6) is -1.04. The summed E-state index contributed by atoms with van der Waals surface area (Å²) in [5.41, 5.74) is 5.50. The van der Waals surface area contributed by atoms with Crippen LogP contribution in [0.3, 0.4) is 0 Å². The van der Waals surface area contributed by atoms with Crippen LogP contribution in [-0.4, -0.2) is 35.4 Å². The fourth-order valence-electron chi connectivity index (χ4n) is 2.09. The highest BCUT2D eigenvalue weighted by molar-refractivity contribution is 6.34. The van der Waals surface area contributed by atoms with E-state index in [0.717, 1.165) is 6.07 Å². The first-order valence-corrected chi connectivity index (χ1v) is 8.29. The third kappa shape index (κ3) is 7.15. The highest BCUT2D eigenvalue weighted by Crippen LogP contribution is 2.22. The van der Waals surface area contributed by atoms with Crippen LogP contribution in [0.4, 0.5) is 5.69 Å². The fourth-order valence-corrected chi connectivity index (χ4v) is 2.35. The summed E-state index contributed by atoms with van der Waals surface area (Å²) in [4.78, 5) is 34.8. The van der Waals surface area contributed by atoms with Crippen LogP contribution in [0.25, 0.3) is 0 Å². The number of non-ortho nitro benzene ring substituents is 1. The number of carbonyl (C=O) groups excluding carboxylic acids is 2. The molecule has 0 aliphatic carbocycles. The number of nitro benzene ring substituents is 1. The molecule has 146 valence electrons. The molecular formula is C16H24Cl2N4O4. The Kier molecular flexibility index (Phi) is 10.1. The Balaban J connectivity index is 0.00000625. The predicted octanol–water partition coefficient (Wildman–Crippen LogP) is 2.28. The number of nitrogens with one attached hydrogen (secondary N) is 2. The van der Waals surface area contributed by atoms with Crippen molar-refractivity contribution in [2.75, 3.05) is 6.54 Å². The predicted molar refractivity (Wildman–Crippen MR) is 103 cm³/mol. The van der Waals surface area contributed by atoms with Gasteiger partial charge in [0, 0.05) is 24.7 Å². The molecule has 0 saturated heterocycles. The number of amides is 2. The number of rotatable bonds is 8. The average molecular weight is 407 g/mol. The van der Waals surface area contributed by atoms with Crippen LogP contribution < -0.4 is 16.4 Å². The monoisotopic (exact) mass is 406 g/mol. The van der Waals surface area contributed by atoms with Gasteiger partial charge >= 0.3 is 0 Å². The van der Waals surface area contributed by atoms with Gasteiger partial charge in [-0.05, 0) is 25.3 Å². The quantitative estimate of drug-likeness (QED) is 0.450. The average Bonchev–Trinajstić information content (AvgIpc) is 2.51. The van der Waals surface area contributed by atoms with Crippen LogP contribution in [0.15, 0.2) is 18.2 Å². The maximum Gasteiger partial charge on any atom is 0.270 e. The molecule has 10 heteroatoms. The number of nitro groups is 1. The van der Waals surface area contributed by atoms with Gasteiger partial charge < -0.3 is 16.4 Å². The van der Waals surface area contributed by atoms with E-state index in [1.165, 1.54) is 12.1 Å². The van der Waals surface area contributed by atoms with Crippen molar-refractivity contribution in [1.29, 1.82) is 0 Å². The van der Waals surface area contributed by atoms with Crippen LogP contribution in [0.2, 0.25) is 5.02 Å². The number of hydrogen-bond donors (Lipinski definition) is 3. The first-order chi connectivity index (χ1) is 11.6. The minimum Gasteiger partial charge on any atom is -0.354 e. The van der Waals surface area contributed by atoms with Gasteiger partial charge in [0.2, 0.25) is 5.91 Å². The molecule has 2 unspecified atom stereocenters. The molecule has 0 aliphatic heterocycles. The van der Waals surface area contributed by atoms with Crippen molar-refractivity contribution in [1.82, 2.24) is 10.6 Å². The molecule has 0 fully saturated rings. The summed E-state index contributed by atoms with van der Waals surface area (Å²) < 4.78 is 0. The van der Waals surface area contributed by atoms with Crippen LogP contribution in [0, 0.1) is 16.0 Å². The summed E-state index contributed by atoms with van der Waals surface area (Å²) >= 11 is 5.95. The summed E-state index contributed by atoms with van der Waals surface area (Å²) in [6, 6.07) is 2.76. The highest BCUT2D eigenvalue weighted by Gasteiger charge is 2.25. The molecule has 0 aliphatic rings. The smallest absolute Gasteiger partial charge is 0.270 e. The Labute approximate surface area is 163 Å². The van der Waals surface area contributed by atoms with E-state index >= 15 is 0 Å². The zero-order valence-corrected chi connectivity index (χ0v) is 16.4. The van der Waals surface area contributed by atoms with E-state index in [4.69, 9.17) is 17.3 Å². The van der Waals surface area contributed by atoms with Gasteiger partial charge in [0.15, 0.2) is 0 Å². The van der Waals surface area contributed by atoms with Crippen LogP contribution in [0.5, 0.6) is 0 Å². The van der Waals surface area contributed by atoms with Gasteiger partial charge in [-0.3, -0.25) is 19.7 Å². The van der Waals surface area contributed by atoms with Gasteiger partial charge in [0.05, 0.1) is 15.5 Å². The highest BCUT2D eigenvalue weighted by atomic mass is 35.5. The number of nitrogens with zero attached hydrogens (tertiary/aromatic N) is 1. The molecule has 2 amide bonds. The lowest BCUT2D eigenvalue weighted by molar-refractivity contribution is -0.384. The van der Waals surface area contributed by atoms with E-state index < -0.39 is 16.9 Å². The number of hydrogen-bond acceptors (Lipinski definition) is 5. The normalized spacial score (nSPS) is 12.7. The van der Waals surface area contributed by atoms with E-state index in [9.17, 15) is 19.7 Å². The van der Waals surface area contributed by atoms with Gasteiger partial charge in [-0.15, -0.1) is 12.4 Å². The van der Waals surface area contributed by atoms with Crippen LogP contribution >= 0.6 is 24.0 Å². The molecule has 2 atom stereocenters. The van der Waals surface area contributed by atoms with Crippen LogP contribution in [0.1, 0.15) is 37.6 Å². The van der Waals surface area contributed by atoms with E-state index in [1.807, 2.05) is 6.92 Å². The minimum atomic E-state index is -0.758. The molecule has 0 heterocycles. The van der Waals surface area contributed by atoms with Crippen LogP contribution in [-0.2, 0) is 4.79 Å². The van der Waals surface area contributed by atoms with Gasteiger partial charge in [-0.1, -0.05) is 25.4 Å². The Morgan fingerprint density at radius 2 is 1.92 bits per heavy atom. The maximum atomic E-state index is 12.4. The van der Waals surface area contributed by atoms with Crippen molar-refractivity contribution in [3.63, 3.8) is 0 Å². The number of benzene rings is 1. The second kappa shape index (κ2) is 10.9. The van der Waals surface area contributed by atoms with Crippen molar-refractivity contribution < 1.29 is 14.5 Å². The molecule has 0 spiro atoms. The molecule has 0 saturated carbocycles. The van der Waals surface area contributed by atoms with Gasteiger partial charge in [0.1, 0.15) is 6.04 Å². The lowest BCUT2D eigenvalue weighted by atomic mass is 10.0. The summed E-state index contributed by atoms with van der Waals surface area (Å²) in [7, 11) is 0. The Morgan fingerprint density at radius 3 is 2.38 bits per heavy atom. The van der Waals surface area contributed by atoms with Gasteiger partial charge in [-0.2, -0.15) is 0 Å². The Morgan fingerprint density at radius 1 is 1.31 bits per heavy atom. The summed E-state index contributed by atoms with van der Waals surface area (Å²) in [5, 5.41) is 16.0. The maximum absolute atomic E-state index is 12.4. The second-order valence-corrected chi connectivity index (χ2v) is 6.58. The van der Waals surface area contributed by atoms with Crippen molar-refractivity contribution >= 4 is 41.5 Å². The van der Waals surface area contributed by atoms with Crippen molar-refractivity contribution in [3.05, 3.63) is 38.9 Å². The number of nitrogens with two attached hydrogens (primary N) is 1. The first-order valence-electron chi connectivity index (χ1n) is 7.91.